The third-order valence-electron chi connectivity index (χ3n) is 4.52. The average molecular weight is 391 g/mol. The summed E-state index contributed by atoms with van der Waals surface area (Å²) < 4.78 is 28.1. The molecular formula is C18H21N3O5S. The number of non-ortho nitro benzene ring substituents is 1. The molecule has 0 saturated carbocycles. The fourth-order valence-electron chi connectivity index (χ4n) is 3.16. The highest BCUT2D eigenvalue weighted by molar-refractivity contribution is 7.92. The van der Waals surface area contributed by atoms with Gasteiger partial charge in [-0.05, 0) is 55.0 Å². The largest absolute Gasteiger partial charge is 0.395 e. The Labute approximate surface area is 157 Å². The van der Waals surface area contributed by atoms with Gasteiger partial charge in [-0.2, -0.15) is 0 Å². The number of aryl methyl sites for hydroxylation is 2. The molecule has 0 spiro atoms. The number of nitrogens with one attached hydrogen (secondary N) is 2. The van der Waals surface area contributed by atoms with Crippen molar-refractivity contribution in [2.75, 3.05) is 23.2 Å². The molecule has 8 nitrogen and oxygen atoms in total. The molecule has 27 heavy (non-hydrogen) atoms. The smallest absolute Gasteiger partial charge is 0.271 e. The Balaban J connectivity index is 1.94. The number of benzene rings is 2. The van der Waals surface area contributed by atoms with Gasteiger partial charge in [0.2, 0.25) is 0 Å². The number of rotatable bonds is 7. The second-order valence-electron chi connectivity index (χ2n) is 6.38. The molecule has 1 aliphatic carbocycles. The Morgan fingerprint density at radius 1 is 1.04 bits per heavy atom. The highest BCUT2D eigenvalue weighted by Crippen LogP contribution is 2.30. The second kappa shape index (κ2) is 7.93. The second-order valence-corrected chi connectivity index (χ2v) is 8.06. The normalized spacial score (nSPS) is 13.7. The molecule has 3 N–H and O–H groups in total. The van der Waals surface area contributed by atoms with Gasteiger partial charge in [0.15, 0.2) is 0 Å². The van der Waals surface area contributed by atoms with E-state index in [-0.39, 0.29) is 29.4 Å². The summed E-state index contributed by atoms with van der Waals surface area (Å²) in [5, 5.41) is 22.9. The number of hydrogen-bond acceptors (Lipinski definition) is 6. The molecule has 0 fully saturated rings. The van der Waals surface area contributed by atoms with E-state index in [0.29, 0.717) is 5.69 Å². The lowest BCUT2D eigenvalue weighted by Crippen LogP contribution is -2.16. The van der Waals surface area contributed by atoms with Crippen LogP contribution in [-0.4, -0.2) is 31.6 Å². The minimum atomic E-state index is -3.91. The zero-order valence-electron chi connectivity index (χ0n) is 14.6. The Kier molecular flexibility index (Phi) is 5.62. The van der Waals surface area contributed by atoms with Crippen LogP contribution in [0.2, 0.25) is 0 Å². The third-order valence-corrected chi connectivity index (χ3v) is 5.88. The number of nitrogens with zero attached hydrogens (tertiary/aromatic N) is 1. The lowest BCUT2D eigenvalue weighted by molar-refractivity contribution is -0.384. The number of sulfonamides is 1. The number of aliphatic hydroxyl groups is 1. The summed E-state index contributed by atoms with van der Waals surface area (Å²) in [5.41, 5.74) is 2.39. The quantitative estimate of drug-likeness (QED) is 0.493. The van der Waals surface area contributed by atoms with E-state index in [0.717, 1.165) is 37.3 Å². The monoisotopic (exact) mass is 391 g/mol. The van der Waals surface area contributed by atoms with Crippen LogP contribution in [0.15, 0.2) is 41.3 Å². The van der Waals surface area contributed by atoms with Gasteiger partial charge in [-0.25, -0.2) is 8.42 Å². The third kappa shape index (κ3) is 4.37. The van der Waals surface area contributed by atoms with Gasteiger partial charge in [0.25, 0.3) is 15.7 Å². The van der Waals surface area contributed by atoms with Crippen molar-refractivity contribution >= 4 is 27.1 Å². The number of anilines is 2. The van der Waals surface area contributed by atoms with E-state index >= 15 is 0 Å². The van der Waals surface area contributed by atoms with Crippen molar-refractivity contribution in [3.8, 4) is 0 Å². The maximum absolute atomic E-state index is 12.8. The van der Waals surface area contributed by atoms with Gasteiger partial charge >= 0.3 is 0 Å². The van der Waals surface area contributed by atoms with Crippen LogP contribution < -0.4 is 10.0 Å². The molecule has 1 aliphatic rings. The van der Waals surface area contributed by atoms with Gasteiger partial charge in [0, 0.05) is 18.7 Å². The SMILES string of the molecule is O=[N+]([O-])c1ccc(NCCO)c(NS(=O)(=O)c2ccc3c(c2)CCCC3)c1. The van der Waals surface area contributed by atoms with Crippen molar-refractivity contribution in [2.24, 2.45) is 0 Å². The molecule has 0 bridgehead atoms. The minimum Gasteiger partial charge on any atom is -0.395 e. The lowest BCUT2D eigenvalue weighted by Gasteiger charge is -2.18. The van der Waals surface area contributed by atoms with Crippen molar-refractivity contribution in [1.82, 2.24) is 0 Å². The van der Waals surface area contributed by atoms with E-state index in [9.17, 15) is 18.5 Å². The van der Waals surface area contributed by atoms with E-state index < -0.39 is 14.9 Å². The molecule has 0 aliphatic heterocycles. The molecule has 0 saturated heterocycles. The first-order chi connectivity index (χ1) is 12.9. The molecule has 0 atom stereocenters. The number of hydrogen-bond donors (Lipinski definition) is 3. The first-order valence-corrected chi connectivity index (χ1v) is 10.2. The topological polar surface area (TPSA) is 122 Å². The summed E-state index contributed by atoms with van der Waals surface area (Å²) in [6.45, 7) is 0.0272. The minimum absolute atomic E-state index is 0.0652. The molecular weight excluding hydrogens is 370 g/mol. The van der Waals surface area contributed by atoms with Crippen LogP contribution in [0.5, 0.6) is 0 Å². The average Bonchev–Trinajstić information content (AvgIpc) is 2.66. The van der Waals surface area contributed by atoms with Crippen LogP contribution in [-0.2, 0) is 22.9 Å². The van der Waals surface area contributed by atoms with Gasteiger partial charge in [-0.3, -0.25) is 14.8 Å². The molecule has 9 heteroatoms. The zero-order valence-corrected chi connectivity index (χ0v) is 15.5. The summed E-state index contributed by atoms with van der Waals surface area (Å²) >= 11 is 0. The highest BCUT2D eigenvalue weighted by atomic mass is 32.2. The number of nitro benzene ring substituents is 1. The van der Waals surface area contributed by atoms with Crippen LogP contribution in [0.3, 0.4) is 0 Å². The zero-order chi connectivity index (χ0) is 19.4. The Morgan fingerprint density at radius 2 is 1.78 bits per heavy atom. The summed E-state index contributed by atoms with van der Waals surface area (Å²) in [5.74, 6) is 0. The summed E-state index contributed by atoms with van der Waals surface area (Å²) in [6.07, 6.45) is 3.93. The number of aliphatic hydroxyl groups excluding tert-OH is 1. The predicted molar refractivity (Wildman–Crippen MR) is 103 cm³/mol. The van der Waals surface area contributed by atoms with Crippen molar-refractivity contribution in [2.45, 2.75) is 30.6 Å². The first kappa shape index (κ1) is 19.1. The fraction of sp³-hybridized carbons (Fsp3) is 0.333. The molecule has 2 aromatic carbocycles. The van der Waals surface area contributed by atoms with Crippen LogP contribution in [0, 0.1) is 10.1 Å². The molecule has 0 aromatic heterocycles. The van der Waals surface area contributed by atoms with Gasteiger partial charge in [0.1, 0.15) is 0 Å². The summed E-state index contributed by atoms with van der Waals surface area (Å²) in [6, 6.07) is 8.92. The van der Waals surface area contributed by atoms with Gasteiger partial charge in [0.05, 0.1) is 27.8 Å². The standard InChI is InChI=1S/C18H21N3O5S/c22-10-9-19-17-8-6-15(21(23)24)12-18(17)20-27(25,26)16-7-5-13-3-1-2-4-14(13)11-16/h5-8,11-12,19-20,22H,1-4,9-10H2. The van der Waals surface area contributed by atoms with Crippen molar-refractivity contribution in [3.63, 3.8) is 0 Å². The maximum Gasteiger partial charge on any atom is 0.271 e. The molecule has 0 heterocycles. The van der Waals surface area contributed by atoms with E-state index in [1.165, 1.54) is 17.7 Å². The van der Waals surface area contributed by atoms with E-state index in [2.05, 4.69) is 10.0 Å². The predicted octanol–water partition coefficient (Wildman–Crippen LogP) is 2.68. The van der Waals surface area contributed by atoms with Gasteiger partial charge < -0.3 is 10.4 Å². The van der Waals surface area contributed by atoms with Crippen LogP contribution >= 0.6 is 0 Å². The molecule has 3 rings (SSSR count). The van der Waals surface area contributed by atoms with Crippen molar-refractivity contribution in [3.05, 3.63) is 57.6 Å². The van der Waals surface area contributed by atoms with E-state index in [4.69, 9.17) is 5.11 Å². The molecule has 0 amide bonds. The highest BCUT2D eigenvalue weighted by Gasteiger charge is 2.20. The first-order valence-electron chi connectivity index (χ1n) is 8.68. The molecule has 144 valence electrons. The van der Waals surface area contributed by atoms with Crippen LogP contribution in [0.25, 0.3) is 0 Å². The molecule has 2 aromatic rings. The maximum atomic E-state index is 12.8. The Hall–Kier alpha value is -2.65. The summed E-state index contributed by atoms with van der Waals surface area (Å²) in [7, 11) is -3.91. The Morgan fingerprint density at radius 3 is 2.48 bits per heavy atom. The van der Waals surface area contributed by atoms with Crippen LogP contribution in [0.1, 0.15) is 24.0 Å². The van der Waals surface area contributed by atoms with Crippen molar-refractivity contribution < 1.29 is 18.4 Å². The van der Waals surface area contributed by atoms with E-state index in [1.807, 2.05) is 6.07 Å². The van der Waals surface area contributed by atoms with Gasteiger partial charge in [-0.1, -0.05) is 6.07 Å². The fourth-order valence-corrected chi connectivity index (χ4v) is 4.28. The lowest BCUT2D eigenvalue weighted by atomic mass is 9.92. The number of nitro groups is 1. The molecule has 0 radical (unpaired) electrons. The molecule has 0 unspecified atom stereocenters. The Bertz CT molecular complexity index is 959. The van der Waals surface area contributed by atoms with Crippen LogP contribution in [0.4, 0.5) is 17.1 Å². The summed E-state index contributed by atoms with van der Waals surface area (Å²) in [4.78, 5) is 10.6. The van der Waals surface area contributed by atoms with E-state index in [1.54, 1.807) is 12.1 Å². The van der Waals surface area contributed by atoms with Crippen molar-refractivity contribution in [1.29, 1.82) is 0 Å². The van der Waals surface area contributed by atoms with Gasteiger partial charge in [-0.15, -0.1) is 0 Å². The number of fused-ring (bicyclic) bond motifs is 1.